The summed E-state index contributed by atoms with van der Waals surface area (Å²) in [6.07, 6.45) is 2.89. The quantitative estimate of drug-likeness (QED) is 0.746. The van der Waals surface area contributed by atoms with Crippen LogP contribution in [0.5, 0.6) is 5.75 Å². The maximum absolute atomic E-state index is 11.7. The second-order valence-electron chi connectivity index (χ2n) is 3.75. The molecule has 1 aromatic carbocycles. The van der Waals surface area contributed by atoms with Gasteiger partial charge in [0.1, 0.15) is 5.56 Å². The van der Waals surface area contributed by atoms with E-state index >= 15 is 0 Å². The highest BCUT2D eigenvalue weighted by molar-refractivity contribution is 6.32. The Morgan fingerprint density at radius 3 is 2.75 bits per heavy atom. The van der Waals surface area contributed by atoms with Gasteiger partial charge in [-0.15, -0.1) is 0 Å². The number of hydrogen-bond donors (Lipinski definition) is 0. The number of methoxy groups -OCH3 is 2. The predicted octanol–water partition coefficient (Wildman–Crippen LogP) is 2.62. The van der Waals surface area contributed by atoms with Crippen molar-refractivity contribution in [2.45, 2.75) is 19.3 Å². The number of halogens is 1. The molecule has 1 aliphatic rings. The van der Waals surface area contributed by atoms with Gasteiger partial charge in [-0.3, -0.25) is 0 Å². The van der Waals surface area contributed by atoms with Gasteiger partial charge in [0.25, 0.3) is 0 Å². The summed E-state index contributed by atoms with van der Waals surface area (Å²) in [5.74, 6) is 0.0478. The molecule has 0 unspecified atom stereocenters. The zero-order valence-electron chi connectivity index (χ0n) is 9.30. The third-order valence-corrected chi connectivity index (χ3v) is 3.18. The largest absolute Gasteiger partial charge is 0.494 e. The van der Waals surface area contributed by atoms with Crippen molar-refractivity contribution in [2.24, 2.45) is 0 Å². The van der Waals surface area contributed by atoms with Gasteiger partial charge in [-0.05, 0) is 36.5 Å². The summed E-state index contributed by atoms with van der Waals surface area (Å²) in [6, 6.07) is 1.88. The van der Waals surface area contributed by atoms with Gasteiger partial charge in [-0.1, -0.05) is 11.6 Å². The molecule has 0 saturated heterocycles. The summed E-state index contributed by atoms with van der Waals surface area (Å²) in [5.41, 5.74) is 2.64. The molecule has 0 aromatic heterocycles. The molecule has 0 amide bonds. The molecule has 86 valence electrons. The Labute approximate surface area is 99.3 Å². The van der Waals surface area contributed by atoms with Crippen LogP contribution in [0.25, 0.3) is 0 Å². The highest BCUT2D eigenvalue weighted by Gasteiger charge is 2.26. The second-order valence-corrected chi connectivity index (χ2v) is 4.16. The normalized spacial score (nSPS) is 13.4. The maximum Gasteiger partial charge on any atom is 0.341 e. The van der Waals surface area contributed by atoms with Crippen molar-refractivity contribution >= 4 is 17.6 Å². The molecule has 16 heavy (non-hydrogen) atoms. The number of carbonyl (C=O) groups excluding carboxylic acids is 1. The standard InChI is InChI=1S/C12H13ClO3/c1-15-11-9(13)6-7-4-3-5-8(7)10(11)12(14)16-2/h6H,3-5H2,1-2H3. The first-order chi connectivity index (χ1) is 7.69. The number of carbonyl (C=O) groups is 1. The lowest BCUT2D eigenvalue weighted by atomic mass is 10.0. The van der Waals surface area contributed by atoms with Crippen molar-refractivity contribution < 1.29 is 14.3 Å². The minimum absolute atomic E-state index is 0.377. The van der Waals surface area contributed by atoms with Crippen LogP contribution in [0.3, 0.4) is 0 Å². The second kappa shape index (κ2) is 4.34. The highest BCUT2D eigenvalue weighted by Crippen LogP contribution is 2.38. The predicted molar refractivity (Wildman–Crippen MR) is 61.4 cm³/mol. The van der Waals surface area contributed by atoms with Crippen molar-refractivity contribution in [1.82, 2.24) is 0 Å². The fraction of sp³-hybridized carbons (Fsp3) is 0.417. The number of rotatable bonds is 2. The topological polar surface area (TPSA) is 35.5 Å². The van der Waals surface area contributed by atoms with E-state index in [9.17, 15) is 4.79 Å². The van der Waals surface area contributed by atoms with Gasteiger partial charge >= 0.3 is 5.97 Å². The van der Waals surface area contributed by atoms with Crippen molar-refractivity contribution in [1.29, 1.82) is 0 Å². The van der Waals surface area contributed by atoms with Crippen LogP contribution >= 0.6 is 11.6 Å². The molecule has 0 fully saturated rings. The number of fused-ring (bicyclic) bond motifs is 1. The van der Waals surface area contributed by atoms with E-state index in [2.05, 4.69) is 0 Å². The lowest BCUT2D eigenvalue weighted by Gasteiger charge is -2.13. The molecular weight excluding hydrogens is 228 g/mol. The van der Waals surface area contributed by atoms with E-state index in [-0.39, 0.29) is 5.97 Å². The number of hydrogen-bond acceptors (Lipinski definition) is 3. The molecule has 1 aliphatic carbocycles. The Balaban J connectivity index is 2.66. The van der Waals surface area contributed by atoms with Gasteiger partial charge in [-0.25, -0.2) is 4.79 Å². The monoisotopic (exact) mass is 240 g/mol. The molecule has 4 heteroatoms. The zero-order valence-corrected chi connectivity index (χ0v) is 10.1. The van der Waals surface area contributed by atoms with Gasteiger partial charge in [-0.2, -0.15) is 0 Å². The summed E-state index contributed by atoms with van der Waals surface area (Å²) in [4.78, 5) is 11.7. The number of benzene rings is 1. The molecule has 0 bridgehead atoms. The molecule has 1 aromatic rings. The van der Waals surface area contributed by atoms with Gasteiger partial charge in [0.05, 0.1) is 19.2 Å². The highest BCUT2D eigenvalue weighted by atomic mass is 35.5. The Kier molecular flexibility index (Phi) is 3.06. The van der Waals surface area contributed by atoms with E-state index < -0.39 is 0 Å². The fourth-order valence-corrected chi connectivity index (χ4v) is 2.51. The number of aryl methyl sites for hydroxylation is 1. The molecule has 2 rings (SSSR count). The molecule has 0 aliphatic heterocycles. The van der Waals surface area contributed by atoms with Gasteiger partial charge < -0.3 is 9.47 Å². The van der Waals surface area contributed by atoms with Crippen LogP contribution in [0.1, 0.15) is 27.9 Å². The molecule has 0 saturated carbocycles. The molecule has 3 nitrogen and oxygen atoms in total. The number of esters is 1. The molecule has 0 radical (unpaired) electrons. The van der Waals surface area contributed by atoms with E-state index in [1.54, 1.807) is 0 Å². The van der Waals surface area contributed by atoms with Crippen LogP contribution in [-0.2, 0) is 17.6 Å². The summed E-state index contributed by atoms with van der Waals surface area (Å²) >= 11 is 6.08. The average molecular weight is 241 g/mol. The lowest BCUT2D eigenvalue weighted by Crippen LogP contribution is -2.08. The Morgan fingerprint density at radius 1 is 1.38 bits per heavy atom. The van der Waals surface area contributed by atoms with E-state index in [1.165, 1.54) is 14.2 Å². The van der Waals surface area contributed by atoms with Crippen LogP contribution in [0.15, 0.2) is 6.07 Å². The minimum Gasteiger partial charge on any atom is -0.494 e. The molecular formula is C12H13ClO3. The van der Waals surface area contributed by atoms with Crippen LogP contribution in [0, 0.1) is 0 Å². The molecule has 0 atom stereocenters. The van der Waals surface area contributed by atoms with Crippen LogP contribution < -0.4 is 4.74 Å². The maximum atomic E-state index is 11.7. The van der Waals surface area contributed by atoms with Gasteiger partial charge in [0, 0.05) is 0 Å². The van der Waals surface area contributed by atoms with E-state index in [0.717, 1.165) is 30.4 Å². The van der Waals surface area contributed by atoms with Crippen LogP contribution in [-0.4, -0.2) is 20.2 Å². The first kappa shape index (κ1) is 11.3. The lowest BCUT2D eigenvalue weighted by molar-refractivity contribution is 0.0596. The van der Waals surface area contributed by atoms with E-state index in [1.807, 2.05) is 6.07 Å². The SMILES string of the molecule is COC(=O)c1c2c(cc(Cl)c1OC)CCC2. The summed E-state index contributed by atoms with van der Waals surface area (Å²) in [7, 11) is 2.87. The van der Waals surface area contributed by atoms with Crippen molar-refractivity contribution in [3.8, 4) is 5.75 Å². The van der Waals surface area contributed by atoms with Gasteiger partial charge in [0.15, 0.2) is 5.75 Å². The smallest absolute Gasteiger partial charge is 0.341 e. The zero-order chi connectivity index (χ0) is 11.7. The first-order valence-electron chi connectivity index (χ1n) is 5.15. The third-order valence-electron chi connectivity index (χ3n) is 2.90. The van der Waals surface area contributed by atoms with Crippen molar-refractivity contribution in [3.05, 3.63) is 27.8 Å². The van der Waals surface area contributed by atoms with Crippen molar-refractivity contribution in [2.75, 3.05) is 14.2 Å². The summed E-state index contributed by atoms with van der Waals surface area (Å²) in [5, 5.41) is 0.476. The van der Waals surface area contributed by atoms with Crippen molar-refractivity contribution in [3.63, 3.8) is 0 Å². The molecule has 0 heterocycles. The summed E-state index contributed by atoms with van der Waals surface area (Å²) in [6.45, 7) is 0. The average Bonchev–Trinajstić information content (AvgIpc) is 2.73. The Hall–Kier alpha value is -1.22. The molecule has 0 spiro atoms. The van der Waals surface area contributed by atoms with Crippen LogP contribution in [0.2, 0.25) is 5.02 Å². The third kappa shape index (κ3) is 1.65. The fourth-order valence-electron chi connectivity index (χ4n) is 2.20. The minimum atomic E-state index is -0.377. The van der Waals surface area contributed by atoms with Crippen LogP contribution in [0.4, 0.5) is 0 Å². The first-order valence-corrected chi connectivity index (χ1v) is 5.53. The van der Waals surface area contributed by atoms with E-state index in [0.29, 0.717) is 16.3 Å². The summed E-state index contributed by atoms with van der Waals surface area (Å²) < 4.78 is 9.97. The van der Waals surface area contributed by atoms with E-state index in [4.69, 9.17) is 21.1 Å². The Morgan fingerprint density at radius 2 is 2.12 bits per heavy atom. The Bertz CT molecular complexity index is 437. The molecule has 0 N–H and O–H groups in total. The number of ether oxygens (including phenoxy) is 2. The van der Waals surface area contributed by atoms with Gasteiger partial charge in [0.2, 0.25) is 0 Å².